The third-order valence-corrected chi connectivity index (χ3v) is 3.96. The van der Waals surface area contributed by atoms with E-state index < -0.39 is 0 Å². The van der Waals surface area contributed by atoms with Gasteiger partial charge in [-0.2, -0.15) is 0 Å². The van der Waals surface area contributed by atoms with Gasteiger partial charge in [-0.25, -0.2) is 4.98 Å². The molecule has 0 saturated carbocycles. The Kier molecular flexibility index (Phi) is 8.42. The summed E-state index contributed by atoms with van der Waals surface area (Å²) in [6, 6.07) is 7.78. The predicted octanol–water partition coefficient (Wildman–Crippen LogP) is 5.07. The van der Waals surface area contributed by atoms with Gasteiger partial charge in [0.05, 0.1) is 0 Å². The van der Waals surface area contributed by atoms with Crippen molar-refractivity contribution in [3.05, 3.63) is 41.6 Å². The van der Waals surface area contributed by atoms with E-state index in [0.717, 1.165) is 16.7 Å². The van der Waals surface area contributed by atoms with Crippen LogP contribution in [0.3, 0.4) is 0 Å². The van der Waals surface area contributed by atoms with Crippen molar-refractivity contribution in [2.45, 2.75) is 59.0 Å². The van der Waals surface area contributed by atoms with E-state index >= 15 is 0 Å². The first kappa shape index (κ1) is 24.5. The van der Waals surface area contributed by atoms with Gasteiger partial charge in [-0.1, -0.05) is 26.8 Å². The van der Waals surface area contributed by atoms with Crippen LogP contribution in [0.2, 0.25) is 0 Å². The first-order valence-corrected chi connectivity index (χ1v) is 8.31. The van der Waals surface area contributed by atoms with Crippen LogP contribution in [-0.2, 0) is 12.0 Å². The van der Waals surface area contributed by atoms with Crippen molar-refractivity contribution in [3.8, 4) is 16.9 Å². The van der Waals surface area contributed by atoms with Crippen molar-refractivity contribution in [2.75, 3.05) is 5.73 Å². The minimum absolute atomic E-state index is 0. The lowest BCUT2D eigenvalue weighted by Crippen LogP contribution is -2.35. The Hall–Kier alpha value is -1.49. The second-order valence-electron chi connectivity index (χ2n) is 8.36. The molecular formula is C20H31Cl2N3O. The zero-order valence-electron chi connectivity index (χ0n) is 16.4. The summed E-state index contributed by atoms with van der Waals surface area (Å²) in [5.41, 5.74) is 9.38. The van der Waals surface area contributed by atoms with Gasteiger partial charge in [0, 0.05) is 35.0 Å². The van der Waals surface area contributed by atoms with E-state index in [9.17, 15) is 5.11 Å². The van der Waals surface area contributed by atoms with Gasteiger partial charge in [0.25, 0.3) is 0 Å². The maximum atomic E-state index is 10.8. The summed E-state index contributed by atoms with van der Waals surface area (Å²) in [7, 11) is 0. The molecule has 4 nitrogen and oxygen atoms in total. The number of nitrogens with two attached hydrogens (primary N) is 1. The molecule has 0 amide bonds. The lowest BCUT2D eigenvalue weighted by atomic mass is 9.83. The Morgan fingerprint density at radius 2 is 1.65 bits per heavy atom. The lowest BCUT2D eigenvalue weighted by Gasteiger charge is -2.25. The van der Waals surface area contributed by atoms with Gasteiger partial charge in [-0.15, -0.1) is 24.8 Å². The van der Waals surface area contributed by atoms with E-state index in [1.165, 1.54) is 5.56 Å². The molecule has 0 radical (unpaired) electrons. The fourth-order valence-electron chi connectivity index (χ4n) is 2.41. The van der Waals surface area contributed by atoms with Crippen LogP contribution in [0.25, 0.3) is 11.1 Å². The summed E-state index contributed by atoms with van der Waals surface area (Å²) < 4.78 is 0. The number of halogens is 2. The SMILES string of the molecule is CC(C)(C)NCc1cc(C(C)(C)C)cc(-c2ccc(N)nc2)c1O.Cl.Cl. The van der Waals surface area contributed by atoms with Crippen LogP contribution in [0.15, 0.2) is 30.5 Å². The van der Waals surface area contributed by atoms with Crippen LogP contribution in [0, 0.1) is 0 Å². The second kappa shape index (κ2) is 8.94. The van der Waals surface area contributed by atoms with Crippen LogP contribution in [0.4, 0.5) is 5.82 Å². The number of benzene rings is 1. The van der Waals surface area contributed by atoms with Gasteiger partial charge in [0.15, 0.2) is 0 Å². The zero-order valence-corrected chi connectivity index (χ0v) is 18.0. The Balaban J connectivity index is 0.00000312. The minimum Gasteiger partial charge on any atom is -0.507 e. The van der Waals surface area contributed by atoms with Gasteiger partial charge in [-0.3, -0.25) is 0 Å². The number of phenolic OH excluding ortho intramolecular Hbond substituents is 1. The first-order chi connectivity index (χ1) is 11.0. The molecule has 0 aliphatic rings. The van der Waals surface area contributed by atoms with Gasteiger partial charge in [0.2, 0.25) is 0 Å². The second-order valence-corrected chi connectivity index (χ2v) is 8.36. The average Bonchev–Trinajstić information content (AvgIpc) is 2.45. The third-order valence-electron chi connectivity index (χ3n) is 3.96. The maximum Gasteiger partial charge on any atom is 0.127 e. The number of nitrogen functional groups attached to an aromatic ring is 1. The number of nitrogens with one attached hydrogen (secondary N) is 1. The van der Waals surface area contributed by atoms with Crippen LogP contribution in [0.1, 0.15) is 52.7 Å². The topological polar surface area (TPSA) is 71.2 Å². The summed E-state index contributed by atoms with van der Waals surface area (Å²) >= 11 is 0. The minimum atomic E-state index is -0.0207. The molecule has 0 saturated heterocycles. The van der Waals surface area contributed by atoms with Gasteiger partial charge < -0.3 is 16.2 Å². The maximum absolute atomic E-state index is 10.8. The molecule has 2 rings (SSSR count). The highest BCUT2D eigenvalue weighted by Crippen LogP contribution is 2.37. The van der Waals surface area contributed by atoms with Crippen molar-refractivity contribution in [2.24, 2.45) is 0 Å². The fourth-order valence-corrected chi connectivity index (χ4v) is 2.41. The van der Waals surface area contributed by atoms with E-state index in [0.29, 0.717) is 18.1 Å². The molecule has 1 aromatic heterocycles. The molecule has 2 aromatic rings. The molecule has 26 heavy (non-hydrogen) atoms. The fraction of sp³-hybridized carbons (Fsp3) is 0.450. The molecule has 1 heterocycles. The van der Waals surface area contributed by atoms with E-state index in [-0.39, 0.29) is 35.8 Å². The van der Waals surface area contributed by atoms with Gasteiger partial charge in [0.1, 0.15) is 11.6 Å². The predicted molar refractivity (Wildman–Crippen MR) is 116 cm³/mol. The molecule has 0 unspecified atom stereocenters. The van der Waals surface area contributed by atoms with Crippen LogP contribution in [-0.4, -0.2) is 15.6 Å². The van der Waals surface area contributed by atoms with Gasteiger partial charge >= 0.3 is 0 Å². The molecular weight excluding hydrogens is 369 g/mol. The highest BCUT2D eigenvalue weighted by atomic mass is 35.5. The standard InChI is InChI=1S/C20H29N3O.2ClH/c1-19(2,3)15-9-14(12-23-20(4,5)6)18(24)16(10-15)13-7-8-17(21)22-11-13;;/h7-11,23-24H,12H2,1-6H3,(H2,21,22);2*1H. The van der Waals surface area contributed by atoms with Crippen LogP contribution >= 0.6 is 24.8 Å². The number of nitrogens with zero attached hydrogens (tertiary/aromatic N) is 1. The van der Waals surface area contributed by atoms with Crippen molar-refractivity contribution in [3.63, 3.8) is 0 Å². The molecule has 6 heteroatoms. The van der Waals surface area contributed by atoms with Crippen molar-refractivity contribution < 1.29 is 5.11 Å². The molecule has 0 atom stereocenters. The quantitative estimate of drug-likeness (QED) is 0.673. The summed E-state index contributed by atoms with van der Waals surface area (Å²) in [6.45, 7) is 13.5. The van der Waals surface area contributed by atoms with E-state index in [1.807, 2.05) is 12.1 Å². The Bertz CT molecular complexity index is 718. The van der Waals surface area contributed by atoms with Gasteiger partial charge in [-0.05, 0) is 49.9 Å². The van der Waals surface area contributed by atoms with Crippen molar-refractivity contribution in [1.82, 2.24) is 10.3 Å². The summed E-state index contributed by atoms with van der Waals surface area (Å²) in [6.07, 6.45) is 1.71. The Morgan fingerprint density at radius 3 is 2.12 bits per heavy atom. The summed E-state index contributed by atoms with van der Waals surface area (Å²) in [5, 5.41) is 14.2. The normalized spacial score (nSPS) is 11.5. The van der Waals surface area contributed by atoms with Crippen molar-refractivity contribution >= 4 is 30.6 Å². The van der Waals surface area contributed by atoms with E-state index in [2.05, 4.69) is 57.9 Å². The molecule has 0 aliphatic carbocycles. The number of aromatic nitrogens is 1. The molecule has 0 aliphatic heterocycles. The molecule has 0 bridgehead atoms. The highest BCUT2D eigenvalue weighted by Gasteiger charge is 2.20. The largest absolute Gasteiger partial charge is 0.507 e. The first-order valence-electron chi connectivity index (χ1n) is 8.31. The number of aromatic hydroxyl groups is 1. The lowest BCUT2D eigenvalue weighted by molar-refractivity contribution is 0.411. The number of hydrogen-bond acceptors (Lipinski definition) is 4. The van der Waals surface area contributed by atoms with E-state index in [4.69, 9.17) is 5.73 Å². The zero-order chi connectivity index (χ0) is 18.1. The van der Waals surface area contributed by atoms with Crippen molar-refractivity contribution in [1.29, 1.82) is 0 Å². The van der Waals surface area contributed by atoms with Crippen LogP contribution in [0.5, 0.6) is 5.75 Å². The Labute approximate surface area is 169 Å². The molecule has 0 spiro atoms. The Morgan fingerprint density at radius 1 is 1.04 bits per heavy atom. The number of phenols is 1. The third kappa shape index (κ3) is 6.35. The summed E-state index contributed by atoms with van der Waals surface area (Å²) in [4.78, 5) is 4.15. The van der Waals surface area contributed by atoms with Crippen LogP contribution < -0.4 is 11.1 Å². The number of pyridine rings is 1. The van der Waals surface area contributed by atoms with E-state index in [1.54, 1.807) is 12.3 Å². The average molecular weight is 400 g/mol. The highest BCUT2D eigenvalue weighted by molar-refractivity contribution is 5.85. The molecule has 146 valence electrons. The smallest absolute Gasteiger partial charge is 0.127 e. The summed E-state index contributed by atoms with van der Waals surface area (Å²) in [5.74, 6) is 0.770. The molecule has 4 N–H and O–H groups in total. The number of rotatable bonds is 3. The number of hydrogen-bond donors (Lipinski definition) is 3. The monoisotopic (exact) mass is 399 g/mol. The molecule has 0 fully saturated rings. The molecule has 1 aromatic carbocycles. The number of anilines is 1.